The van der Waals surface area contributed by atoms with Crippen molar-refractivity contribution in [2.45, 2.75) is 46.0 Å². The van der Waals surface area contributed by atoms with E-state index < -0.39 is 0 Å². The van der Waals surface area contributed by atoms with E-state index >= 15 is 0 Å². The lowest BCUT2D eigenvalue weighted by molar-refractivity contribution is 0.252. The standard InChI is InChI=1S/C17H25N3/c1-13(2)11-17(9-5-6-10-17)12-18-16-19-14-7-3-4-8-15(14)20-16/h3-4,7-8,13H,5-6,9-12H2,1-2H3,(H2,18,19,20). The van der Waals surface area contributed by atoms with Crippen LogP contribution in [0.3, 0.4) is 0 Å². The monoisotopic (exact) mass is 271 g/mol. The molecule has 0 spiro atoms. The maximum atomic E-state index is 4.62. The maximum absolute atomic E-state index is 4.62. The van der Waals surface area contributed by atoms with Crippen molar-refractivity contribution in [1.82, 2.24) is 9.97 Å². The number of hydrogen-bond acceptors (Lipinski definition) is 2. The molecule has 1 aromatic carbocycles. The summed E-state index contributed by atoms with van der Waals surface area (Å²) in [6.07, 6.45) is 6.81. The summed E-state index contributed by atoms with van der Waals surface area (Å²) in [5.41, 5.74) is 2.63. The molecule has 1 aliphatic carbocycles. The van der Waals surface area contributed by atoms with Crippen LogP contribution >= 0.6 is 0 Å². The largest absolute Gasteiger partial charge is 0.355 e. The van der Waals surface area contributed by atoms with Gasteiger partial charge < -0.3 is 10.3 Å². The second kappa shape index (κ2) is 5.47. The van der Waals surface area contributed by atoms with E-state index in [-0.39, 0.29) is 0 Å². The van der Waals surface area contributed by atoms with Crippen molar-refractivity contribution >= 4 is 17.0 Å². The van der Waals surface area contributed by atoms with Crippen LogP contribution in [0.5, 0.6) is 0 Å². The molecule has 0 bridgehead atoms. The normalized spacial score (nSPS) is 17.9. The third kappa shape index (κ3) is 2.82. The zero-order valence-corrected chi connectivity index (χ0v) is 12.6. The summed E-state index contributed by atoms with van der Waals surface area (Å²) in [5.74, 6) is 1.69. The van der Waals surface area contributed by atoms with Crippen LogP contribution in [0.15, 0.2) is 24.3 Å². The molecule has 0 radical (unpaired) electrons. The van der Waals surface area contributed by atoms with Crippen LogP contribution in [0.4, 0.5) is 5.95 Å². The fraction of sp³-hybridized carbons (Fsp3) is 0.588. The molecule has 1 heterocycles. The molecule has 3 heteroatoms. The summed E-state index contributed by atoms with van der Waals surface area (Å²) >= 11 is 0. The molecule has 1 saturated carbocycles. The Morgan fingerprint density at radius 1 is 1.25 bits per heavy atom. The molecule has 1 fully saturated rings. The number of fused-ring (bicyclic) bond motifs is 1. The summed E-state index contributed by atoms with van der Waals surface area (Å²) in [6, 6.07) is 8.20. The van der Waals surface area contributed by atoms with Gasteiger partial charge in [-0.3, -0.25) is 0 Å². The predicted octanol–water partition coefficient (Wildman–Crippen LogP) is 4.58. The minimum atomic E-state index is 0.479. The van der Waals surface area contributed by atoms with Gasteiger partial charge in [-0.25, -0.2) is 4.98 Å². The molecule has 3 nitrogen and oxygen atoms in total. The molecule has 2 aromatic rings. The number of nitrogens with one attached hydrogen (secondary N) is 2. The lowest BCUT2D eigenvalue weighted by Crippen LogP contribution is -2.28. The van der Waals surface area contributed by atoms with Gasteiger partial charge in [0.05, 0.1) is 11.0 Å². The van der Waals surface area contributed by atoms with Crippen molar-refractivity contribution in [2.75, 3.05) is 11.9 Å². The molecule has 0 amide bonds. The SMILES string of the molecule is CC(C)CC1(CNc2nc3ccccc3[nH]2)CCCC1. The first-order chi connectivity index (χ1) is 9.67. The number of imidazole rings is 1. The number of nitrogens with zero attached hydrogens (tertiary/aromatic N) is 1. The highest BCUT2D eigenvalue weighted by molar-refractivity contribution is 5.77. The third-order valence-electron chi connectivity index (χ3n) is 4.53. The Hall–Kier alpha value is -1.51. The highest BCUT2D eigenvalue weighted by Gasteiger charge is 2.34. The van der Waals surface area contributed by atoms with Gasteiger partial charge in [-0.05, 0) is 42.7 Å². The van der Waals surface area contributed by atoms with Crippen LogP contribution in [0, 0.1) is 11.3 Å². The zero-order valence-electron chi connectivity index (χ0n) is 12.6. The first-order valence-corrected chi connectivity index (χ1v) is 7.86. The van der Waals surface area contributed by atoms with E-state index in [0.29, 0.717) is 5.41 Å². The van der Waals surface area contributed by atoms with Crippen molar-refractivity contribution in [3.63, 3.8) is 0 Å². The van der Waals surface area contributed by atoms with Gasteiger partial charge in [0.15, 0.2) is 0 Å². The van der Waals surface area contributed by atoms with E-state index in [4.69, 9.17) is 0 Å². The fourth-order valence-corrected chi connectivity index (χ4v) is 3.75. The molecular weight excluding hydrogens is 246 g/mol. The van der Waals surface area contributed by atoms with Gasteiger partial charge in [0.25, 0.3) is 0 Å². The van der Waals surface area contributed by atoms with E-state index in [9.17, 15) is 0 Å². The van der Waals surface area contributed by atoms with Crippen LogP contribution in [0.1, 0.15) is 46.0 Å². The van der Waals surface area contributed by atoms with Crippen LogP contribution in [-0.2, 0) is 0 Å². The predicted molar refractivity (Wildman–Crippen MR) is 84.9 cm³/mol. The summed E-state index contributed by atoms with van der Waals surface area (Å²) in [5, 5.41) is 3.56. The van der Waals surface area contributed by atoms with Crippen LogP contribution in [-0.4, -0.2) is 16.5 Å². The first kappa shape index (κ1) is 13.5. The number of H-pyrrole nitrogens is 1. The lowest BCUT2D eigenvalue weighted by atomic mass is 9.78. The van der Waals surface area contributed by atoms with Crippen LogP contribution in [0.2, 0.25) is 0 Å². The summed E-state index contributed by atoms with van der Waals surface area (Å²) < 4.78 is 0. The highest BCUT2D eigenvalue weighted by Crippen LogP contribution is 2.43. The first-order valence-electron chi connectivity index (χ1n) is 7.86. The van der Waals surface area contributed by atoms with Crippen molar-refractivity contribution < 1.29 is 0 Å². The zero-order chi connectivity index (χ0) is 14.0. The van der Waals surface area contributed by atoms with Crippen molar-refractivity contribution in [3.05, 3.63) is 24.3 Å². The Balaban J connectivity index is 1.70. The number of aromatic amines is 1. The Morgan fingerprint density at radius 2 is 2.00 bits per heavy atom. The molecule has 1 aromatic heterocycles. The lowest BCUT2D eigenvalue weighted by Gasteiger charge is -2.31. The maximum Gasteiger partial charge on any atom is 0.201 e. The molecule has 1 aliphatic rings. The van der Waals surface area contributed by atoms with E-state index in [2.05, 4.69) is 41.3 Å². The van der Waals surface area contributed by atoms with Gasteiger partial charge in [0, 0.05) is 6.54 Å². The number of rotatable bonds is 5. The number of hydrogen-bond donors (Lipinski definition) is 2. The summed E-state index contributed by atoms with van der Waals surface area (Å²) in [7, 11) is 0. The molecule has 2 N–H and O–H groups in total. The Morgan fingerprint density at radius 3 is 2.70 bits per heavy atom. The number of aromatic nitrogens is 2. The Bertz CT molecular complexity index is 531. The smallest absolute Gasteiger partial charge is 0.201 e. The molecule has 0 saturated heterocycles. The average Bonchev–Trinajstić information content (AvgIpc) is 3.02. The average molecular weight is 271 g/mol. The number of anilines is 1. The molecule has 0 unspecified atom stereocenters. The Kier molecular flexibility index (Phi) is 3.68. The molecule has 0 atom stereocenters. The second-order valence-corrected chi connectivity index (χ2v) is 6.76. The molecule has 20 heavy (non-hydrogen) atoms. The molecule has 108 valence electrons. The highest BCUT2D eigenvalue weighted by atomic mass is 15.1. The number of para-hydroxylation sites is 2. The van der Waals surface area contributed by atoms with E-state index in [1.165, 1.54) is 32.1 Å². The molecular formula is C17H25N3. The summed E-state index contributed by atoms with van der Waals surface area (Å²) in [4.78, 5) is 7.99. The van der Waals surface area contributed by atoms with Gasteiger partial charge in [-0.1, -0.05) is 38.8 Å². The van der Waals surface area contributed by atoms with E-state index in [0.717, 1.165) is 29.4 Å². The molecule has 0 aliphatic heterocycles. The van der Waals surface area contributed by atoms with Crippen LogP contribution in [0.25, 0.3) is 11.0 Å². The van der Waals surface area contributed by atoms with Gasteiger partial charge in [-0.2, -0.15) is 0 Å². The van der Waals surface area contributed by atoms with E-state index in [1.807, 2.05) is 12.1 Å². The number of benzene rings is 1. The minimum absolute atomic E-state index is 0.479. The van der Waals surface area contributed by atoms with Crippen molar-refractivity contribution in [1.29, 1.82) is 0 Å². The fourth-order valence-electron chi connectivity index (χ4n) is 3.75. The molecule has 3 rings (SSSR count). The third-order valence-corrected chi connectivity index (χ3v) is 4.53. The Labute approximate surface area is 121 Å². The van der Waals surface area contributed by atoms with Crippen LogP contribution < -0.4 is 5.32 Å². The van der Waals surface area contributed by atoms with Gasteiger partial charge in [0.1, 0.15) is 0 Å². The van der Waals surface area contributed by atoms with Gasteiger partial charge >= 0.3 is 0 Å². The summed E-state index contributed by atoms with van der Waals surface area (Å²) in [6.45, 7) is 5.72. The quantitative estimate of drug-likeness (QED) is 0.835. The van der Waals surface area contributed by atoms with Crippen molar-refractivity contribution in [2.24, 2.45) is 11.3 Å². The van der Waals surface area contributed by atoms with Crippen molar-refractivity contribution in [3.8, 4) is 0 Å². The van der Waals surface area contributed by atoms with Gasteiger partial charge in [-0.15, -0.1) is 0 Å². The van der Waals surface area contributed by atoms with Gasteiger partial charge in [0.2, 0.25) is 5.95 Å². The minimum Gasteiger partial charge on any atom is -0.355 e. The topological polar surface area (TPSA) is 40.7 Å². The second-order valence-electron chi connectivity index (χ2n) is 6.76. The van der Waals surface area contributed by atoms with E-state index in [1.54, 1.807) is 0 Å².